The molecule has 76 valence electrons. The van der Waals surface area contributed by atoms with Gasteiger partial charge in [0.1, 0.15) is 5.54 Å². The SMILES string of the molecule is CC(C)NC1(C(N)=O)CCSC1C. The van der Waals surface area contributed by atoms with Crippen LogP contribution in [0.1, 0.15) is 27.2 Å². The van der Waals surface area contributed by atoms with Crippen molar-refractivity contribution < 1.29 is 4.79 Å². The highest BCUT2D eigenvalue weighted by Crippen LogP contribution is 2.35. The van der Waals surface area contributed by atoms with Crippen LogP contribution in [0.3, 0.4) is 0 Å². The predicted octanol–water partition coefficient (Wildman–Crippen LogP) is 0.734. The average Bonchev–Trinajstić information content (AvgIpc) is 2.32. The normalized spacial score (nSPS) is 34.0. The molecule has 0 saturated carbocycles. The van der Waals surface area contributed by atoms with Crippen LogP contribution in [0.4, 0.5) is 0 Å². The van der Waals surface area contributed by atoms with Gasteiger partial charge in [-0.15, -0.1) is 0 Å². The Labute approximate surface area is 83.8 Å². The van der Waals surface area contributed by atoms with E-state index in [1.54, 1.807) is 0 Å². The molecule has 1 rings (SSSR count). The summed E-state index contributed by atoms with van der Waals surface area (Å²) in [6.45, 7) is 6.15. The fraction of sp³-hybridized carbons (Fsp3) is 0.889. The minimum atomic E-state index is -0.473. The Hall–Kier alpha value is -0.220. The maximum absolute atomic E-state index is 11.4. The van der Waals surface area contributed by atoms with Gasteiger partial charge in [0.25, 0.3) is 0 Å². The first-order valence-corrected chi connectivity index (χ1v) is 5.73. The molecular weight excluding hydrogens is 184 g/mol. The van der Waals surface area contributed by atoms with Crippen molar-refractivity contribution in [2.45, 2.75) is 44.0 Å². The van der Waals surface area contributed by atoms with Crippen molar-refractivity contribution in [3.05, 3.63) is 0 Å². The minimum absolute atomic E-state index is 0.210. The van der Waals surface area contributed by atoms with E-state index in [0.717, 1.165) is 12.2 Å². The molecule has 1 aliphatic rings. The topological polar surface area (TPSA) is 55.1 Å². The molecule has 0 aromatic carbocycles. The summed E-state index contributed by atoms with van der Waals surface area (Å²) >= 11 is 1.81. The standard InChI is InChI=1S/C9H18N2OS/c1-6(2)11-9(8(10)12)4-5-13-7(9)3/h6-7,11H,4-5H2,1-3H3,(H2,10,12). The molecule has 0 aromatic rings. The van der Waals surface area contributed by atoms with Crippen molar-refractivity contribution in [2.24, 2.45) is 5.73 Å². The maximum atomic E-state index is 11.4. The lowest BCUT2D eigenvalue weighted by Crippen LogP contribution is -2.60. The molecule has 1 amide bonds. The molecule has 0 bridgehead atoms. The Bertz CT molecular complexity index is 208. The first-order valence-electron chi connectivity index (χ1n) is 4.68. The lowest BCUT2D eigenvalue weighted by Gasteiger charge is -2.32. The van der Waals surface area contributed by atoms with Crippen LogP contribution in [0, 0.1) is 0 Å². The van der Waals surface area contributed by atoms with Gasteiger partial charge in [-0.25, -0.2) is 0 Å². The average molecular weight is 202 g/mol. The van der Waals surface area contributed by atoms with Gasteiger partial charge in [-0.3, -0.25) is 4.79 Å². The first-order chi connectivity index (χ1) is 5.99. The number of nitrogens with two attached hydrogens (primary N) is 1. The molecule has 0 aliphatic carbocycles. The third-order valence-electron chi connectivity index (χ3n) is 2.54. The zero-order chi connectivity index (χ0) is 10.1. The van der Waals surface area contributed by atoms with Crippen LogP contribution >= 0.6 is 11.8 Å². The first kappa shape index (κ1) is 10.9. The smallest absolute Gasteiger partial charge is 0.238 e. The molecule has 2 atom stereocenters. The molecule has 13 heavy (non-hydrogen) atoms. The van der Waals surface area contributed by atoms with Crippen LogP contribution in [0.15, 0.2) is 0 Å². The fourth-order valence-electron chi connectivity index (χ4n) is 1.84. The van der Waals surface area contributed by atoms with E-state index in [-0.39, 0.29) is 11.2 Å². The van der Waals surface area contributed by atoms with E-state index in [0.29, 0.717) is 6.04 Å². The summed E-state index contributed by atoms with van der Waals surface area (Å²) in [6, 6.07) is 0.300. The highest BCUT2D eigenvalue weighted by molar-refractivity contribution is 8.00. The van der Waals surface area contributed by atoms with Gasteiger partial charge in [0, 0.05) is 11.3 Å². The van der Waals surface area contributed by atoms with Crippen molar-refractivity contribution in [3.63, 3.8) is 0 Å². The van der Waals surface area contributed by atoms with Gasteiger partial charge in [-0.2, -0.15) is 11.8 Å². The van der Waals surface area contributed by atoms with E-state index in [2.05, 4.69) is 12.2 Å². The summed E-state index contributed by atoms with van der Waals surface area (Å²) in [5, 5.41) is 3.59. The van der Waals surface area contributed by atoms with E-state index < -0.39 is 5.54 Å². The molecule has 3 nitrogen and oxygen atoms in total. The third-order valence-corrected chi connectivity index (χ3v) is 3.89. The zero-order valence-electron chi connectivity index (χ0n) is 8.46. The summed E-state index contributed by atoms with van der Waals surface area (Å²) < 4.78 is 0. The Kier molecular flexibility index (Phi) is 3.24. The van der Waals surface area contributed by atoms with Crippen LogP contribution in [0.5, 0.6) is 0 Å². The van der Waals surface area contributed by atoms with E-state index in [1.165, 1.54) is 0 Å². The predicted molar refractivity (Wildman–Crippen MR) is 56.7 cm³/mol. The molecule has 1 saturated heterocycles. The van der Waals surface area contributed by atoms with Crippen molar-refractivity contribution in [1.82, 2.24) is 5.32 Å². The lowest BCUT2D eigenvalue weighted by molar-refractivity contribution is -0.124. The van der Waals surface area contributed by atoms with Gasteiger partial charge in [0.15, 0.2) is 0 Å². The second-order valence-electron chi connectivity index (χ2n) is 3.90. The quantitative estimate of drug-likeness (QED) is 0.709. The fourth-order valence-corrected chi connectivity index (χ4v) is 3.22. The Morgan fingerprint density at radius 2 is 2.31 bits per heavy atom. The number of amides is 1. The largest absolute Gasteiger partial charge is 0.368 e. The molecule has 2 unspecified atom stereocenters. The van der Waals surface area contributed by atoms with Crippen molar-refractivity contribution in [3.8, 4) is 0 Å². The van der Waals surface area contributed by atoms with Crippen molar-refractivity contribution >= 4 is 17.7 Å². The molecule has 3 N–H and O–H groups in total. The van der Waals surface area contributed by atoms with Crippen LogP contribution in [-0.4, -0.2) is 28.5 Å². The van der Waals surface area contributed by atoms with E-state index in [9.17, 15) is 4.79 Å². The highest BCUT2D eigenvalue weighted by Gasteiger charge is 2.46. The molecular formula is C9H18N2OS. The van der Waals surface area contributed by atoms with Crippen LogP contribution in [-0.2, 0) is 4.79 Å². The molecule has 0 radical (unpaired) electrons. The van der Waals surface area contributed by atoms with E-state index in [1.807, 2.05) is 25.6 Å². The van der Waals surface area contributed by atoms with Gasteiger partial charge < -0.3 is 11.1 Å². The third kappa shape index (κ3) is 1.99. The molecule has 1 heterocycles. The highest BCUT2D eigenvalue weighted by atomic mass is 32.2. The number of primary amides is 1. The number of nitrogens with one attached hydrogen (secondary N) is 1. The monoisotopic (exact) mass is 202 g/mol. The van der Waals surface area contributed by atoms with Crippen molar-refractivity contribution in [2.75, 3.05) is 5.75 Å². The van der Waals surface area contributed by atoms with Gasteiger partial charge in [-0.1, -0.05) is 6.92 Å². The molecule has 1 aliphatic heterocycles. The van der Waals surface area contributed by atoms with E-state index >= 15 is 0 Å². The number of hydrogen-bond acceptors (Lipinski definition) is 3. The van der Waals surface area contributed by atoms with E-state index in [4.69, 9.17) is 5.73 Å². The summed E-state index contributed by atoms with van der Waals surface area (Å²) in [5.74, 6) is 0.808. The molecule has 4 heteroatoms. The minimum Gasteiger partial charge on any atom is -0.368 e. The number of hydrogen-bond donors (Lipinski definition) is 2. The number of carbonyl (C=O) groups excluding carboxylic acids is 1. The molecule has 1 fully saturated rings. The number of carbonyl (C=O) groups is 1. The summed E-state index contributed by atoms with van der Waals surface area (Å²) in [6.07, 6.45) is 0.854. The molecule has 0 spiro atoms. The second kappa shape index (κ2) is 3.88. The van der Waals surface area contributed by atoms with Crippen molar-refractivity contribution in [1.29, 1.82) is 0 Å². The lowest BCUT2D eigenvalue weighted by atomic mass is 9.91. The number of rotatable bonds is 3. The van der Waals surface area contributed by atoms with Crippen LogP contribution in [0.25, 0.3) is 0 Å². The van der Waals surface area contributed by atoms with Crippen LogP contribution < -0.4 is 11.1 Å². The Morgan fingerprint density at radius 1 is 1.69 bits per heavy atom. The zero-order valence-corrected chi connectivity index (χ0v) is 9.28. The summed E-state index contributed by atoms with van der Waals surface area (Å²) in [5.41, 5.74) is 4.98. The second-order valence-corrected chi connectivity index (χ2v) is 5.35. The number of thioether (sulfide) groups is 1. The van der Waals surface area contributed by atoms with Crippen LogP contribution in [0.2, 0.25) is 0 Å². The van der Waals surface area contributed by atoms with Gasteiger partial charge in [-0.05, 0) is 26.0 Å². The van der Waals surface area contributed by atoms with Gasteiger partial charge in [0.2, 0.25) is 5.91 Å². The summed E-state index contributed by atoms with van der Waals surface area (Å²) in [4.78, 5) is 11.4. The Morgan fingerprint density at radius 3 is 2.62 bits per heavy atom. The van der Waals surface area contributed by atoms with Gasteiger partial charge >= 0.3 is 0 Å². The maximum Gasteiger partial charge on any atom is 0.238 e. The molecule has 0 aromatic heterocycles. The summed E-state index contributed by atoms with van der Waals surface area (Å²) in [7, 11) is 0. The Balaban J connectivity index is 2.80. The van der Waals surface area contributed by atoms with Gasteiger partial charge in [0.05, 0.1) is 0 Å².